The van der Waals surface area contributed by atoms with Crippen molar-refractivity contribution in [1.82, 2.24) is 10.6 Å². The fourth-order valence-corrected chi connectivity index (χ4v) is 5.65. The number of ether oxygens (including phenoxy) is 1. The molecule has 3 N–H and O–H groups in total. The van der Waals surface area contributed by atoms with Crippen LogP contribution in [0.4, 0.5) is 5.69 Å². The van der Waals surface area contributed by atoms with Crippen LogP contribution in [-0.2, 0) is 20.7 Å². The number of hydrogen-bond donors (Lipinski definition) is 3. The molecule has 7 nitrogen and oxygen atoms in total. The van der Waals surface area contributed by atoms with E-state index in [-0.39, 0.29) is 26.9 Å². The van der Waals surface area contributed by atoms with Crippen molar-refractivity contribution < 1.29 is 19.1 Å². The zero-order chi connectivity index (χ0) is 27.0. The Morgan fingerprint density at radius 3 is 2.24 bits per heavy atom. The van der Waals surface area contributed by atoms with Gasteiger partial charge in [0.05, 0.1) is 27.7 Å². The van der Waals surface area contributed by atoms with Crippen LogP contribution in [0.15, 0.2) is 42.5 Å². The van der Waals surface area contributed by atoms with E-state index in [1.807, 2.05) is 12.1 Å². The maximum Gasteiger partial charge on any atom is 0.328 e. The summed E-state index contributed by atoms with van der Waals surface area (Å²) in [5, 5.41) is 9.44. The fraction of sp³-hybridized carbons (Fsp3) is 0.407. The number of thiocarbonyl (C=S) groups is 1. The first kappa shape index (κ1) is 28.9. The third-order valence-corrected chi connectivity index (χ3v) is 7.83. The third kappa shape index (κ3) is 7.66. The Kier molecular flexibility index (Phi) is 10.3. The second kappa shape index (κ2) is 13.2. The van der Waals surface area contributed by atoms with E-state index in [0.717, 1.165) is 37.7 Å². The lowest BCUT2D eigenvalue weighted by molar-refractivity contribution is -0.142. The summed E-state index contributed by atoms with van der Waals surface area (Å²) >= 11 is 18.1. The van der Waals surface area contributed by atoms with E-state index >= 15 is 0 Å². The number of carbonyl (C=O) groups excluding carboxylic acids is 3. The number of nitrogens with one attached hydrogen (secondary N) is 3. The van der Waals surface area contributed by atoms with Crippen LogP contribution < -0.4 is 16.0 Å². The van der Waals surface area contributed by atoms with Crippen molar-refractivity contribution in [2.75, 3.05) is 19.0 Å². The molecule has 2 aromatic carbocycles. The summed E-state index contributed by atoms with van der Waals surface area (Å²) in [4.78, 5) is 37.2. The minimum absolute atomic E-state index is 0.0749. The number of rotatable bonds is 10. The molecule has 0 bridgehead atoms. The van der Waals surface area contributed by atoms with Crippen LogP contribution in [0.3, 0.4) is 0 Å². The summed E-state index contributed by atoms with van der Waals surface area (Å²) in [7, 11) is 1.35. The minimum Gasteiger partial charge on any atom is -0.467 e. The largest absolute Gasteiger partial charge is 0.467 e. The Balaban J connectivity index is 1.67. The number of anilines is 1. The molecule has 10 heteroatoms. The molecule has 1 fully saturated rings. The second-order valence-electron chi connectivity index (χ2n) is 9.22. The first-order valence-corrected chi connectivity index (χ1v) is 13.3. The highest BCUT2D eigenvalue weighted by Gasteiger charge is 2.39. The average Bonchev–Trinajstić information content (AvgIpc) is 3.34. The van der Waals surface area contributed by atoms with Gasteiger partial charge in [-0.15, -0.1) is 0 Å². The van der Waals surface area contributed by atoms with Crippen molar-refractivity contribution in [2.45, 2.75) is 51.5 Å². The molecule has 0 saturated heterocycles. The van der Waals surface area contributed by atoms with Crippen LogP contribution in [0.5, 0.6) is 0 Å². The zero-order valence-corrected chi connectivity index (χ0v) is 23.2. The van der Waals surface area contributed by atoms with E-state index in [1.54, 1.807) is 30.3 Å². The van der Waals surface area contributed by atoms with Gasteiger partial charge in [0.25, 0.3) is 5.91 Å². The molecule has 1 saturated carbocycles. The van der Waals surface area contributed by atoms with Gasteiger partial charge in [-0.1, -0.05) is 66.5 Å². The van der Waals surface area contributed by atoms with Gasteiger partial charge in [0.15, 0.2) is 0 Å². The van der Waals surface area contributed by atoms with Crippen LogP contribution in [-0.4, -0.2) is 42.5 Å². The molecular weight excluding hydrogens is 533 g/mol. The van der Waals surface area contributed by atoms with Gasteiger partial charge in [-0.3, -0.25) is 9.59 Å². The van der Waals surface area contributed by atoms with E-state index in [4.69, 9.17) is 40.2 Å². The highest BCUT2D eigenvalue weighted by atomic mass is 35.5. The average molecular weight is 565 g/mol. The van der Waals surface area contributed by atoms with Crippen molar-refractivity contribution in [1.29, 1.82) is 0 Å². The molecule has 2 amide bonds. The van der Waals surface area contributed by atoms with Crippen LogP contribution in [0.1, 0.15) is 54.9 Å². The molecule has 1 aliphatic carbocycles. The summed E-state index contributed by atoms with van der Waals surface area (Å²) < 4.78 is 5.04. The molecule has 0 radical (unpaired) electrons. The standard InChI is InChI=1S/C27H31Cl2N3O4S/c1-17(33)30-15-14-27(12-3-4-13-27)26(37)32-22(25(35)36-2)16-18-8-10-19(11-9-18)31-24(34)23-20(28)6-5-7-21(23)29/h5-11,22H,3-4,12-16H2,1-2H3,(H,30,33)(H,31,34)(H,32,37)/t22-/m0/s1. The number of halogens is 2. The SMILES string of the molecule is COC(=O)[C@H](Cc1ccc(NC(=O)c2c(Cl)cccc2Cl)cc1)NC(=S)C1(CCNC(C)=O)CCCC1. The van der Waals surface area contributed by atoms with Gasteiger partial charge in [0, 0.05) is 31.0 Å². The maximum absolute atomic E-state index is 12.6. The number of hydrogen-bond acceptors (Lipinski definition) is 5. The van der Waals surface area contributed by atoms with Gasteiger partial charge < -0.3 is 20.7 Å². The Labute approximate surface area is 232 Å². The highest BCUT2D eigenvalue weighted by Crippen LogP contribution is 2.42. The quantitative estimate of drug-likeness (QED) is 0.267. The number of methoxy groups -OCH3 is 1. The van der Waals surface area contributed by atoms with Crippen molar-refractivity contribution in [3.05, 3.63) is 63.6 Å². The molecule has 198 valence electrons. The molecule has 0 heterocycles. The summed E-state index contributed by atoms with van der Waals surface area (Å²) in [5.41, 5.74) is 1.37. The van der Waals surface area contributed by atoms with Gasteiger partial charge in [-0.05, 0) is 49.1 Å². The molecule has 3 rings (SSSR count). The maximum atomic E-state index is 12.6. The normalized spacial score (nSPS) is 14.9. The molecule has 1 atom stereocenters. The molecule has 0 unspecified atom stereocenters. The smallest absolute Gasteiger partial charge is 0.328 e. The minimum atomic E-state index is -0.668. The van der Waals surface area contributed by atoms with E-state index in [1.165, 1.54) is 14.0 Å². The first-order valence-electron chi connectivity index (χ1n) is 12.1. The lowest BCUT2D eigenvalue weighted by Crippen LogP contribution is -2.49. The summed E-state index contributed by atoms with van der Waals surface area (Å²) in [6.45, 7) is 2.03. The van der Waals surface area contributed by atoms with Gasteiger partial charge in [0.1, 0.15) is 6.04 Å². The third-order valence-electron chi connectivity index (χ3n) is 6.65. The molecule has 0 spiro atoms. The van der Waals surface area contributed by atoms with E-state index < -0.39 is 17.9 Å². The van der Waals surface area contributed by atoms with E-state index in [2.05, 4.69) is 16.0 Å². The van der Waals surface area contributed by atoms with Gasteiger partial charge >= 0.3 is 5.97 Å². The predicted molar refractivity (Wildman–Crippen MR) is 150 cm³/mol. The topological polar surface area (TPSA) is 96.5 Å². The molecule has 1 aliphatic rings. The zero-order valence-electron chi connectivity index (χ0n) is 20.9. The van der Waals surface area contributed by atoms with Crippen molar-refractivity contribution in [3.63, 3.8) is 0 Å². The van der Waals surface area contributed by atoms with Crippen LogP contribution in [0.25, 0.3) is 0 Å². The predicted octanol–water partition coefficient (Wildman–Crippen LogP) is 5.33. The van der Waals surface area contributed by atoms with Gasteiger partial charge in [0.2, 0.25) is 5.91 Å². The van der Waals surface area contributed by atoms with Gasteiger partial charge in [-0.2, -0.15) is 0 Å². The summed E-state index contributed by atoms with van der Waals surface area (Å²) in [6, 6.07) is 11.4. The summed E-state index contributed by atoms with van der Waals surface area (Å²) in [5.74, 6) is -0.902. The second-order valence-corrected chi connectivity index (χ2v) is 10.4. The molecule has 0 aromatic heterocycles. The highest BCUT2D eigenvalue weighted by molar-refractivity contribution is 7.80. The van der Waals surface area contributed by atoms with Crippen molar-refractivity contribution >= 4 is 63.9 Å². The number of carbonyl (C=O) groups is 3. The Hall–Kier alpha value is -2.68. The van der Waals surface area contributed by atoms with Gasteiger partial charge in [-0.25, -0.2) is 4.79 Å². The molecule has 0 aliphatic heterocycles. The number of esters is 1. The van der Waals surface area contributed by atoms with Crippen molar-refractivity contribution in [3.8, 4) is 0 Å². The Bertz CT molecular complexity index is 1130. The van der Waals surface area contributed by atoms with E-state index in [0.29, 0.717) is 23.6 Å². The summed E-state index contributed by atoms with van der Waals surface area (Å²) in [6.07, 6.45) is 5.00. The van der Waals surface area contributed by atoms with Crippen LogP contribution in [0, 0.1) is 5.41 Å². The molecule has 2 aromatic rings. The Morgan fingerprint density at radius 2 is 1.68 bits per heavy atom. The Morgan fingerprint density at radius 1 is 1.05 bits per heavy atom. The fourth-order valence-electron chi connectivity index (χ4n) is 4.64. The van der Waals surface area contributed by atoms with Crippen LogP contribution in [0.2, 0.25) is 10.0 Å². The lowest BCUT2D eigenvalue weighted by Gasteiger charge is -2.32. The molecule has 37 heavy (non-hydrogen) atoms. The first-order chi connectivity index (χ1) is 17.6. The van der Waals surface area contributed by atoms with E-state index in [9.17, 15) is 14.4 Å². The number of benzene rings is 2. The lowest BCUT2D eigenvalue weighted by atomic mass is 9.82. The monoisotopic (exact) mass is 563 g/mol. The number of amides is 2. The molecular formula is C27H31Cl2N3O4S. The van der Waals surface area contributed by atoms with Crippen molar-refractivity contribution in [2.24, 2.45) is 5.41 Å². The van der Waals surface area contributed by atoms with Crippen LogP contribution >= 0.6 is 35.4 Å².